The number of β-amino-alcohol motifs (C(OH)–C–C–N with tert-alkyl or cyclic N) is 1. The van der Waals surface area contributed by atoms with Gasteiger partial charge in [-0.2, -0.15) is 0 Å². The van der Waals surface area contributed by atoms with Crippen LogP contribution in [0.4, 0.5) is 11.6 Å². The van der Waals surface area contributed by atoms with Crippen molar-refractivity contribution >= 4 is 11.6 Å². The number of aromatic nitrogens is 2. The summed E-state index contributed by atoms with van der Waals surface area (Å²) in [5.41, 5.74) is 2.56. The highest BCUT2D eigenvalue weighted by molar-refractivity contribution is 5.50. The Labute approximate surface area is 159 Å². The molecule has 3 heterocycles. The third-order valence-electron chi connectivity index (χ3n) is 5.47. The van der Waals surface area contributed by atoms with Crippen molar-refractivity contribution < 1.29 is 9.84 Å². The Morgan fingerprint density at radius 2 is 2.22 bits per heavy atom. The van der Waals surface area contributed by atoms with Crippen LogP contribution in [-0.2, 0) is 6.42 Å². The SMILES string of the molecule is CNc1cc(N2C[C@H](O)C[C@@H]2CNC(C)c2ccc3c(c2)CCO3)ncn1. The molecule has 1 aromatic heterocycles. The summed E-state index contributed by atoms with van der Waals surface area (Å²) in [6.07, 6.45) is 2.94. The molecule has 144 valence electrons. The van der Waals surface area contributed by atoms with E-state index in [1.54, 1.807) is 6.33 Å². The van der Waals surface area contributed by atoms with Crippen LogP contribution >= 0.6 is 0 Å². The Morgan fingerprint density at radius 3 is 3.07 bits per heavy atom. The molecule has 0 bridgehead atoms. The van der Waals surface area contributed by atoms with Gasteiger partial charge >= 0.3 is 0 Å². The molecule has 2 aromatic rings. The third kappa shape index (κ3) is 3.84. The van der Waals surface area contributed by atoms with Gasteiger partial charge in [0.1, 0.15) is 23.7 Å². The van der Waals surface area contributed by atoms with E-state index >= 15 is 0 Å². The van der Waals surface area contributed by atoms with Gasteiger partial charge < -0.3 is 25.4 Å². The maximum Gasteiger partial charge on any atom is 0.134 e. The van der Waals surface area contributed by atoms with Crippen molar-refractivity contribution in [3.63, 3.8) is 0 Å². The van der Waals surface area contributed by atoms with Gasteiger partial charge in [-0.1, -0.05) is 12.1 Å². The molecule has 3 N–H and O–H groups in total. The molecule has 2 aliphatic rings. The number of aliphatic hydroxyl groups is 1. The molecule has 0 saturated carbocycles. The highest BCUT2D eigenvalue weighted by atomic mass is 16.5. The molecule has 1 fully saturated rings. The van der Waals surface area contributed by atoms with E-state index in [9.17, 15) is 5.11 Å². The first-order valence-electron chi connectivity index (χ1n) is 9.57. The maximum atomic E-state index is 10.2. The average molecular weight is 369 g/mol. The van der Waals surface area contributed by atoms with E-state index in [0.717, 1.165) is 43.4 Å². The Hall–Kier alpha value is -2.38. The minimum atomic E-state index is -0.336. The van der Waals surface area contributed by atoms with Gasteiger partial charge in [0.15, 0.2) is 0 Å². The number of aliphatic hydroxyl groups excluding tert-OH is 1. The number of anilines is 2. The van der Waals surface area contributed by atoms with Gasteiger partial charge in [0.05, 0.1) is 12.7 Å². The van der Waals surface area contributed by atoms with Crippen LogP contribution in [0.2, 0.25) is 0 Å². The van der Waals surface area contributed by atoms with Crippen LogP contribution in [0.5, 0.6) is 5.75 Å². The quantitative estimate of drug-likeness (QED) is 0.715. The van der Waals surface area contributed by atoms with Gasteiger partial charge in [-0.05, 0) is 30.5 Å². The number of fused-ring (bicyclic) bond motifs is 1. The van der Waals surface area contributed by atoms with Gasteiger partial charge in [-0.15, -0.1) is 0 Å². The van der Waals surface area contributed by atoms with E-state index in [4.69, 9.17) is 4.74 Å². The van der Waals surface area contributed by atoms with Crippen LogP contribution in [-0.4, -0.2) is 54.0 Å². The molecule has 27 heavy (non-hydrogen) atoms. The fourth-order valence-electron chi connectivity index (χ4n) is 3.91. The first-order chi connectivity index (χ1) is 13.1. The van der Waals surface area contributed by atoms with Crippen LogP contribution in [0, 0.1) is 0 Å². The standard InChI is InChI=1S/C20H27N5O2/c1-13(14-3-4-18-15(7-14)5-6-27-18)22-10-16-8-17(26)11-25(16)20-9-19(21-2)23-12-24-20/h3-4,7,9,12-13,16-17,22,26H,5-6,8,10-11H2,1-2H3,(H,21,23,24)/t13?,16-,17-/m1/s1. The molecular weight excluding hydrogens is 342 g/mol. The van der Waals surface area contributed by atoms with Crippen LogP contribution in [0.1, 0.15) is 30.5 Å². The van der Waals surface area contributed by atoms with Crippen molar-refractivity contribution in [1.29, 1.82) is 0 Å². The van der Waals surface area contributed by atoms with Gasteiger partial charge in [0, 0.05) is 44.7 Å². The molecule has 1 aromatic carbocycles. The van der Waals surface area contributed by atoms with Crippen LogP contribution in [0.25, 0.3) is 0 Å². The van der Waals surface area contributed by atoms with Gasteiger partial charge in [0.2, 0.25) is 0 Å². The zero-order valence-corrected chi connectivity index (χ0v) is 15.9. The monoisotopic (exact) mass is 369 g/mol. The second kappa shape index (κ2) is 7.70. The lowest BCUT2D eigenvalue weighted by molar-refractivity contribution is 0.193. The van der Waals surface area contributed by atoms with E-state index in [1.807, 2.05) is 13.1 Å². The van der Waals surface area contributed by atoms with Crippen LogP contribution in [0.3, 0.4) is 0 Å². The second-order valence-electron chi connectivity index (χ2n) is 7.30. The summed E-state index contributed by atoms with van der Waals surface area (Å²) in [6, 6.07) is 8.79. The number of nitrogens with zero attached hydrogens (tertiary/aromatic N) is 3. The predicted octanol–water partition coefficient (Wildman–Crippen LogP) is 1.74. The lowest BCUT2D eigenvalue weighted by Crippen LogP contribution is -2.39. The maximum absolute atomic E-state index is 10.2. The van der Waals surface area contributed by atoms with E-state index in [0.29, 0.717) is 6.54 Å². The molecule has 3 atom stereocenters. The van der Waals surface area contributed by atoms with Crippen molar-refractivity contribution in [1.82, 2.24) is 15.3 Å². The molecular formula is C20H27N5O2. The molecule has 0 amide bonds. The number of ether oxygens (including phenoxy) is 1. The molecule has 1 saturated heterocycles. The number of benzene rings is 1. The Balaban J connectivity index is 1.42. The fourth-order valence-corrected chi connectivity index (χ4v) is 3.91. The number of rotatable bonds is 6. The largest absolute Gasteiger partial charge is 0.493 e. The Morgan fingerprint density at radius 1 is 1.33 bits per heavy atom. The molecule has 0 spiro atoms. The first kappa shape index (κ1) is 18.0. The van der Waals surface area contributed by atoms with Crippen molar-refractivity contribution in [2.45, 2.75) is 38.0 Å². The summed E-state index contributed by atoms with van der Waals surface area (Å²) < 4.78 is 5.60. The summed E-state index contributed by atoms with van der Waals surface area (Å²) in [5, 5.41) is 16.9. The molecule has 0 aliphatic carbocycles. The van der Waals surface area contributed by atoms with E-state index in [-0.39, 0.29) is 18.2 Å². The minimum Gasteiger partial charge on any atom is -0.493 e. The topological polar surface area (TPSA) is 82.5 Å². The van der Waals surface area contributed by atoms with Crippen molar-refractivity contribution in [2.24, 2.45) is 0 Å². The predicted molar refractivity (Wildman–Crippen MR) is 105 cm³/mol. The first-order valence-corrected chi connectivity index (χ1v) is 9.57. The summed E-state index contributed by atoms with van der Waals surface area (Å²) in [7, 11) is 1.84. The Kier molecular flexibility index (Phi) is 5.13. The van der Waals surface area contributed by atoms with Gasteiger partial charge in [-0.3, -0.25) is 0 Å². The van der Waals surface area contributed by atoms with Crippen LogP contribution in [0.15, 0.2) is 30.6 Å². The third-order valence-corrected chi connectivity index (χ3v) is 5.47. The van der Waals surface area contributed by atoms with Crippen molar-refractivity contribution in [3.05, 3.63) is 41.7 Å². The highest BCUT2D eigenvalue weighted by Crippen LogP contribution is 2.29. The van der Waals surface area contributed by atoms with Crippen molar-refractivity contribution in [2.75, 3.05) is 37.0 Å². The van der Waals surface area contributed by atoms with E-state index in [2.05, 4.69) is 50.6 Å². The van der Waals surface area contributed by atoms with Crippen LogP contribution < -0.4 is 20.3 Å². The lowest BCUT2D eigenvalue weighted by Gasteiger charge is -2.27. The summed E-state index contributed by atoms with van der Waals surface area (Å²) in [6.45, 7) is 4.34. The summed E-state index contributed by atoms with van der Waals surface area (Å²) >= 11 is 0. The van der Waals surface area contributed by atoms with E-state index < -0.39 is 0 Å². The minimum absolute atomic E-state index is 0.194. The van der Waals surface area contributed by atoms with Crippen molar-refractivity contribution in [3.8, 4) is 5.75 Å². The smallest absolute Gasteiger partial charge is 0.134 e. The molecule has 1 unspecified atom stereocenters. The molecule has 2 aliphatic heterocycles. The van der Waals surface area contributed by atoms with Gasteiger partial charge in [0.25, 0.3) is 0 Å². The molecule has 0 radical (unpaired) electrons. The summed E-state index contributed by atoms with van der Waals surface area (Å²) in [5.74, 6) is 2.64. The normalized spacial score (nSPS) is 22.4. The van der Waals surface area contributed by atoms with E-state index in [1.165, 1.54) is 11.1 Å². The second-order valence-corrected chi connectivity index (χ2v) is 7.30. The number of hydrogen-bond acceptors (Lipinski definition) is 7. The molecule has 4 rings (SSSR count). The molecule has 7 heteroatoms. The summed E-state index contributed by atoms with van der Waals surface area (Å²) in [4.78, 5) is 10.7. The average Bonchev–Trinajstić information content (AvgIpc) is 3.31. The number of hydrogen-bond donors (Lipinski definition) is 3. The number of nitrogens with one attached hydrogen (secondary N) is 2. The highest BCUT2D eigenvalue weighted by Gasteiger charge is 2.32. The fraction of sp³-hybridized carbons (Fsp3) is 0.500. The zero-order valence-electron chi connectivity index (χ0n) is 15.9. The molecule has 7 nitrogen and oxygen atoms in total. The zero-order chi connectivity index (χ0) is 18.8. The lowest BCUT2D eigenvalue weighted by atomic mass is 10.0. The Bertz CT molecular complexity index is 800. The van der Waals surface area contributed by atoms with Gasteiger partial charge in [-0.25, -0.2) is 9.97 Å².